The second-order valence-corrected chi connectivity index (χ2v) is 7.79. The Balaban J connectivity index is 1.40. The molecule has 1 aliphatic heterocycles. The number of nitrogens with zero attached hydrogens (tertiary/aromatic N) is 1. The molecular formula is C23H28N2O. The van der Waals surface area contributed by atoms with Gasteiger partial charge in [0.05, 0.1) is 6.54 Å². The molecule has 26 heavy (non-hydrogen) atoms. The van der Waals surface area contributed by atoms with E-state index in [1.165, 1.54) is 32.1 Å². The van der Waals surface area contributed by atoms with Crippen molar-refractivity contribution in [1.82, 2.24) is 4.90 Å². The van der Waals surface area contributed by atoms with E-state index in [1.54, 1.807) is 0 Å². The average Bonchev–Trinajstić information content (AvgIpc) is 2.69. The maximum absolute atomic E-state index is 12.7. The lowest BCUT2D eigenvalue weighted by Gasteiger charge is -2.41. The standard InChI is InChI=1S/C23H28N2O/c26-23(17-25-15-14-18-8-4-5-11-20(18)16-25)24-22-13-7-6-12-21(22)19-9-2-1-3-10-19/h1-3,6-7,9-10,12-13,18,20H,4-5,8,11,14-17H2,(H,24,26)/t18-,20+/m0/s1. The molecule has 2 aliphatic rings. The number of carbonyl (C=O) groups is 1. The van der Waals surface area contributed by atoms with E-state index < -0.39 is 0 Å². The van der Waals surface area contributed by atoms with Gasteiger partial charge in [0.1, 0.15) is 0 Å². The van der Waals surface area contributed by atoms with Crippen LogP contribution in [0.3, 0.4) is 0 Å². The van der Waals surface area contributed by atoms with Crippen molar-refractivity contribution in [3.63, 3.8) is 0 Å². The van der Waals surface area contributed by atoms with Gasteiger partial charge in [0.15, 0.2) is 0 Å². The number of nitrogens with one attached hydrogen (secondary N) is 1. The van der Waals surface area contributed by atoms with Gasteiger partial charge in [-0.15, -0.1) is 0 Å². The third kappa shape index (κ3) is 3.99. The molecule has 0 unspecified atom stereocenters. The van der Waals surface area contributed by atoms with Crippen molar-refractivity contribution < 1.29 is 4.79 Å². The first-order valence-electron chi connectivity index (χ1n) is 9.96. The number of hydrogen-bond acceptors (Lipinski definition) is 2. The molecule has 3 heteroatoms. The van der Waals surface area contributed by atoms with Gasteiger partial charge in [-0.05, 0) is 42.9 Å². The van der Waals surface area contributed by atoms with E-state index in [9.17, 15) is 4.79 Å². The minimum Gasteiger partial charge on any atom is -0.324 e. The molecule has 3 nitrogen and oxygen atoms in total. The Hall–Kier alpha value is -2.13. The molecule has 136 valence electrons. The number of fused-ring (bicyclic) bond motifs is 1. The molecule has 4 rings (SSSR count). The van der Waals surface area contributed by atoms with Gasteiger partial charge in [-0.3, -0.25) is 9.69 Å². The molecule has 0 radical (unpaired) electrons. The van der Waals surface area contributed by atoms with E-state index >= 15 is 0 Å². The van der Waals surface area contributed by atoms with Gasteiger partial charge in [0, 0.05) is 17.8 Å². The van der Waals surface area contributed by atoms with Gasteiger partial charge in [-0.1, -0.05) is 67.8 Å². The maximum Gasteiger partial charge on any atom is 0.238 e. The number of anilines is 1. The lowest BCUT2D eigenvalue weighted by atomic mass is 9.75. The third-order valence-corrected chi connectivity index (χ3v) is 6.03. The lowest BCUT2D eigenvalue weighted by Crippen LogP contribution is -2.44. The number of para-hydroxylation sites is 1. The average molecular weight is 348 g/mol. The topological polar surface area (TPSA) is 32.3 Å². The number of likely N-dealkylation sites (tertiary alicyclic amines) is 1. The monoisotopic (exact) mass is 348 g/mol. The molecule has 1 amide bonds. The summed E-state index contributed by atoms with van der Waals surface area (Å²) in [7, 11) is 0. The van der Waals surface area contributed by atoms with Gasteiger partial charge in [-0.25, -0.2) is 0 Å². The summed E-state index contributed by atoms with van der Waals surface area (Å²) in [5, 5.41) is 3.15. The first-order chi connectivity index (χ1) is 12.8. The Morgan fingerprint density at radius 3 is 2.50 bits per heavy atom. The summed E-state index contributed by atoms with van der Waals surface area (Å²) < 4.78 is 0. The van der Waals surface area contributed by atoms with Crippen LogP contribution < -0.4 is 5.32 Å². The van der Waals surface area contributed by atoms with E-state index in [-0.39, 0.29) is 5.91 Å². The van der Waals surface area contributed by atoms with Crippen LogP contribution in [0.1, 0.15) is 32.1 Å². The number of carbonyl (C=O) groups excluding carboxylic acids is 1. The molecule has 2 fully saturated rings. The van der Waals surface area contributed by atoms with Crippen molar-refractivity contribution in [1.29, 1.82) is 0 Å². The predicted molar refractivity (Wildman–Crippen MR) is 107 cm³/mol. The van der Waals surface area contributed by atoms with E-state index in [4.69, 9.17) is 0 Å². The minimum absolute atomic E-state index is 0.0997. The fourth-order valence-corrected chi connectivity index (χ4v) is 4.67. The highest BCUT2D eigenvalue weighted by Crippen LogP contribution is 2.36. The summed E-state index contributed by atoms with van der Waals surface area (Å²) in [6.45, 7) is 2.67. The van der Waals surface area contributed by atoms with Crippen molar-refractivity contribution in [3.8, 4) is 11.1 Å². The van der Waals surface area contributed by atoms with E-state index in [0.717, 1.165) is 41.7 Å². The molecule has 1 saturated heterocycles. The largest absolute Gasteiger partial charge is 0.324 e. The van der Waals surface area contributed by atoms with Crippen LogP contribution in [0.4, 0.5) is 5.69 Å². The summed E-state index contributed by atoms with van der Waals surface area (Å²) in [5.41, 5.74) is 3.11. The van der Waals surface area contributed by atoms with Gasteiger partial charge in [0.25, 0.3) is 0 Å². The summed E-state index contributed by atoms with van der Waals surface area (Å²) in [4.78, 5) is 15.0. The summed E-state index contributed by atoms with van der Waals surface area (Å²) in [5.74, 6) is 1.81. The predicted octanol–water partition coefficient (Wildman–Crippen LogP) is 4.80. The number of benzene rings is 2. The van der Waals surface area contributed by atoms with Crippen LogP contribution in [0, 0.1) is 11.8 Å². The highest BCUT2D eigenvalue weighted by Gasteiger charge is 2.31. The van der Waals surface area contributed by atoms with Crippen LogP contribution in [0.5, 0.6) is 0 Å². The zero-order chi connectivity index (χ0) is 17.8. The molecular weight excluding hydrogens is 320 g/mol. The normalized spacial score (nSPS) is 23.2. The fourth-order valence-electron chi connectivity index (χ4n) is 4.67. The molecule has 2 atom stereocenters. The Bertz CT molecular complexity index is 743. The van der Waals surface area contributed by atoms with Gasteiger partial charge >= 0.3 is 0 Å². The van der Waals surface area contributed by atoms with Crippen LogP contribution in [-0.2, 0) is 4.79 Å². The maximum atomic E-state index is 12.7. The molecule has 1 heterocycles. The molecule has 0 aromatic heterocycles. The molecule has 1 N–H and O–H groups in total. The molecule has 0 bridgehead atoms. The summed E-state index contributed by atoms with van der Waals surface area (Å²) in [6.07, 6.45) is 6.77. The zero-order valence-corrected chi connectivity index (χ0v) is 15.4. The third-order valence-electron chi connectivity index (χ3n) is 6.03. The van der Waals surface area contributed by atoms with E-state index in [1.807, 2.05) is 36.4 Å². The van der Waals surface area contributed by atoms with Crippen LogP contribution >= 0.6 is 0 Å². The summed E-state index contributed by atoms with van der Waals surface area (Å²) >= 11 is 0. The van der Waals surface area contributed by atoms with E-state index in [2.05, 4.69) is 28.4 Å². The van der Waals surface area contributed by atoms with Crippen molar-refractivity contribution >= 4 is 11.6 Å². The quantitative estimate of drug-likeness (QED) is 0.860. The first-order valence-corrected chi connectivity index (χ1v) is 9.96. The molecule has 1 aliphatic carbocycles. The SMILES string of the molecule is O=C(CN1CC[C@@H]2CCCC[C@@H]2C1)Nc1ccccc1-c1ccccc1. The highest BCUT2D eigenvalue weighted by molar-refractivity contribution is 5.96. The van der Waals surface area contributed by atoms with Gasteiger partial charge < -0.3 is 5.32 Å². The highest BCUT2D eigenvalue weighted by atomic mass is 16.2. The minimum atomic E-state index is 0.0997. The second kappa shape index (κ2) is 8.05. The smallest absolute Gasteiger partial charge is 0.238 e. The number of piperidine rings is 1. The van der Waals surface area contributed by atoms with Gasteiger partial charge in [0.2, 0.25) is 5.91 Å². The Kier molecular flexibility index (Phi) is 5.35. The Morgan fingerprint density at radius 2 is 1.65 bits per heavy atom. The zero-order valence-electron chi connectivity index (χ0n) is 15.4. The molecule has 2 aromatic rings. The Morgan fingerprint density at radius 1 is 0.923 bits per heavy atom. The number of hydrogen-bond donors (Lipinski definition) is 1. The second-order valence-electron chi connectivity index (χ2n) is 7.79. The van der Waals surface area contributed by atoms with E-state index in [0.29, 0.717) is 6.54 Å². The van der Waals surface area contributed by atoms with Gasteiger partial charge in [-0.2, -0.15) is 0 Å². The lowest BCUT2D eigenvalue weighted by molar-refractivity contribution is -0.118. The number of rotatable bonds is 4. The van der Waals surface area contributed by atoms with Crippen molar-refractivity contribution in [2.24, 2.45) is 11.8 Å². The van der Waals surface area contributed by atoms with Crippen LogP contribution in [0.15, 0.2) is 54.6 Å². The van der Waals surface area contributed by atoms with Crippen LogP contribution in [0.2, 0.25) is 0 Å². The first kappa shape index (κ1) is 17.3. The Labute approximate surface area is 156 Å². The summed E-state index contributed by atoms with van der Waals surface area (Å²) in [6, 6.07) is 18.3. The van der Waals surface area contributed by atoms with Crippen molar-refractivity contribution in [3.05, 3.63) is 54.6 Å². The molecule has 1 saturated carbocycles. The number of amides is 1. The molecule has 0 spiro atoms. The fraction of sp³-hybridized carbons (Fsp3) is 0.435. The molecule has 2 aromatic carbocycles. The van der Waals surface area contributed by atoms with Crippen molar-refractivity contribution in [2.45, 2.75) is 32.1 Å². The van der Waals surface area contributed by atoms with Crippen LogP contribution in [0.25, 0.3) is 11.1 Å². The van der Waals surface area contributed by atoms with Crippen LogP contribution in [-0.4, -0.2) is 30.4 Å². The van der Waals surface area contributed by atoms with Crippen molar-refractivity contribution in [2.75, 3.05) is 25.0 Å².